The lowest BCUT2D eigenvalue weighted by Crippen LogP contribution is -2.52. The Morgan fingerprint density at radius 1 is 1.24 bits per heavy atom. The Labute approximate surface area is 125 Å². The van der Waals surface area contributed by atoms with Crippen molar-refractivity contribution < 1.29 is 8.42 Å². The highest BCUT2D eigenvalue weighted by Gasteiger charge is 2.39. The van der Waals surface area contributed by atoms with Crippen LogP contribution in [0.5, 0.6) is 0 Å². The van der Waals surface area contributed by atoms with Crippen LogP contribution in [0.2, 0.25) is 0 Å². The first kappa shape index (κ1) is 14.5. The van der Waals surface area contributed by atoms with Gasteiger partial charge in [-0.25, -0.2) is 17.7 Å². The van der Waals surface area contributed by atoms with E-state index < -0.39 is 16.1 Å². The fraction of sp³-hybridized carbons (Fsp3) is 0.533. The molecule has 114 valence electrons. The zero-order valence-electron chi connectivity index (χ0n) is 12.2. The second-order valence-electron chi connectivity index (χ2n) is 5.82. The summed E-state index contributed by atoms with van der Waals surface area (Å²) in [7, 11) is -3.55. The lowest BCUT2D eigenvalue weighted by Gasteiger charge is -2.39. The van der Waals surface area contributed by atoms with Crippen LogP contribution in [0.3, 0.4) is 0 Å². The first-order valence-corrected chi connectivity index (χ1v) is 8.93. The first-order valence-electron chi connectivity index (χ1n) is 7.49. The standard InChI is InChI=1S/C15H21N3O2S/c1-11(16)15-17-13-9-5-6-10-14(13)21(19,20)18(15)12-7-3-2-4-8-12/h5-6,9-12H,2-4,7-8,16H2,1H3. The van der Waals surface area contributed by atoms with Crippen LogP contribution >= 0.6 is 0 Å². The van der Waals surface area contributed by atoms with Crippen LogP contribution in [0.4, 0.5) is 5.69 Å². The van der Waals surface area contributed by atoms with Crippen molar-refractivity contribution >= 4 is 21.5 Å². The van der Waals surface area contributed by atoms with Crippen LogP contribution in [-0.2, 0) is 10.0 Å². The molecule has 0 bridgehead atoms. The van der Waals surface area contributed by atoms with Crippen LogP contribution < -0.4 is 5.73 Å². The molecular formula is C15H21N3O2S. The van der Waals surface area contributed by atoms with E-state index in [1.165, 1.54) is 10.7 Å². The molecule has 5 nitrogen and oxygen atoms in total. The van der Waals surface area contributed by atoms with Crippen LogP contribution in [-0.4, -0.2) is 30.6 Å². The second kappa shape index (κ2) is 5.42. The highest BCUT2D eigenvalue weighted by molar-refractivity contribution is 7.90. The van der Waals surface area contributed by atoms with E-state index in [1.54, 1.807) is 31.2 Å². The molecule has 1 fully saturated rings. The van der Waals surface area contributed by atoms with E-state index in [9.17, 15) is 8.42 Å². The van der Waals surface area contributed by atoms with E-state index in [0.29, 0.717) is 16.4 Å². The molecule has 1 aromatic rings. The monoisotopic (exact) mass is 307 g/mol. The number of aliphatic imine (C=N–C) groups is 1. The van der Waals surface area contributed by atoms with Crippen molar-refractivity contribution in [3.63, 3.8) is 0 Å². The molecular weight excluding hydrogens is 286 g/mol. The van der Waals surface area contributed by atoms with Crippen LogP contribution in [0.25, 0.3) is 0 Å². The Morgan fingerprint density at radius 3 is 2.57 bits per heavy atom. The fourth-order valence-electron chi connectivity index (χ4n) is 3.17. The predicted molar refractivity (Wildman–Crippen MR) is 83.1 cm³/mol. The van der Waals surface area contributed by atoms with Gasteiger partial charge in [0.1, 0.15) is 10.7 Å². The molecule has 1 aliphatic carbocycles. The topological polar surface area (TPSA) is 75.8 Å². The third-order valence-electron chi connectivity index (χ3n) is 4.18. The minimum atomic E-state index is -3.55. The average molecular weight is 307 g/mol. The van der Waals surface area contributed by atoms with Crippen molar-refractivity contribution in [2.24, 2.45) is 10.7 Å². The molecule has 1 unspecified atom stereocenters. The molecule has 1 saturated carbocycles. The molecule has 1 atom stereocenters. The summed E-state index contributed by atoms with van der Waals surface area (Å²) in [5.41, 5.74) is 6.50. The quantitative estimate of drug-likeness (QED) is 0.911. The molecule has 0 amide bonds. The molecule has 3 rings (SSSR count). The van der Waals surface area contributed by atoms with E-state index in [1.807, 2.05) is 0 Å². The molecule has 0 radical (unpaired) electrons. The molecule has 1 aromatic carbocycles. The summed E-state index contributed by atoms with van der Waals surface area (Å²) < 4.78 is 27.5. The van der Waals surface area contributed by atoms with E-state index in [4.69, 9.17) is 5.73 Å². The molecule has 1 heterocycles. The number of nitrogens with two attached hydrogens (primary N) is 1. The lowest BCUT2D eigenvalue weighted by atomic mass is 9.95. The van der Waals surface area contributed by atoms with Crippen molar-refractivity contribution in [2.45, 2.75) is 56.0 Å². The average Bonchev–Trinajstić information content (AvgIpc) is 2.47. The van der Waals surface area contributed by atoms with Gasteiger partial charge in [-0.1, -0.05) is 31.4 Å². The number of hydrogen-bond donors (Lipinski definition) is 1. The Morgan fingerprint density at radius 2 is 1.90 bits per heavy atom. The summed E-state index contributed by atoms with van der Waals surface area (Å²) in [5.74, 6) is 0.473. The predicted octanol–water partition coefficient (Wildman–Crippen LogP) is 2.40. The molecule has 2 aliphatic rings. The maximum Gasteiger partial charge on any atom is 0.267 e. The highest BCUT2D eigenvalue weighted by Crippen LogP contribution is 2.36. The number of rotatable bonds is 2. The Balaban J connectivity index is 2.13. The van der Waals surface area contributed by atoms with Gasteiger partial charge in [-0.05, 0) is 31.9 Å². The Bertz CT molecular complexity index is 661. The normalized spacial score (nSPS) is 23.3. The van der Waals surface area contributed by atoms with Crippen LogP contribution in [0.15, 0.2) is 34.2 Å². The first-order chi connectivity index (χ1) is 10.0. The maximum atomic E-state index is 13.0. The van der Waals surface area contributed by atoms with Crippen molar-refractivity contribution in [3.05, 3.63) is 24.3 Å². The third kappa shape index (κ3) is 2.46. The van der Waals surface area contributed by atoms with E-state index in [-0.39, 0.29) is 6.04 Å². The van der Waals surface area contributed by atoms with Crippen molar-refractivity contribution in [1.29, 1.82) is 0 Å². The molecule has 0 aromatic heterocycles. The van der Waals surface area contributed by atoms with Crippen molar-refractivity contribution in [3.8, 4) is 0 Å². The molecule has 2 N–H and O–H groups in total. The number of nitrogens with zero attached hydrogens (tertiary/aromatic N) is 2. The molecule has 1 aliphatic heterocycles. The summed E-state index contributed by atoms with van der Waals surface area (Å²) in [6.45, 7) is 1.79. The third-order valence-corrected chi connectivity index (χ3v) is 6.08. The second-order valence-corrected chi connectivity index (χ2v) is 7.60. The molecule has 21 heavy (non-hydrogen) atoms. The van der Waals surface area contributed by atoms with Gasteiger partial charge in [-0.15, -0.1) is 0 Å². The van der Waals surface area contributed by atoms with Gasteiger partial charge in [0.15, 0.2) is 0 Å². The summed E-state index contributed by atoms with van der Waals surface area (Å²) in [6.07, 6.45) is 5.06. The van der Waals surface area contributed by atoms with E-state index >= 15 is 0 Å². The van der Waals surface area contributed by atoms with Gasteiger partial charge in [0, 0.05) is 6.04 Å². The van der Waals surface area contributed by atoms with Gasteiger partial charge >= 0.3 is 0 Å². The number of sulfonamides is 1. The van der Waals surface area contributed by atoms with E-state index in [0.717, 1.165) is 25.7 Å². The van der Waals surface area contributed by atoms with E-state index in [2.05, 4.69) is 4.99 Å². The number of para-hydroxylation sites is 1. The largest absolute Gasteiger partial charge is 0.322 e. The van der Waals surface area contributed by atoms with Gasteiger partial charge in [0.05, 0.1) is 11.7 Å². The number of benzene rings is 1. The van der Waals surface area contributed by atoms with Crippen LogP contribution in [0.1, 0.15) is 39.0 Å². The molecule has 0 saturated heterocycles. The molecule has 0 spiro atoms. The van der Waals surface area contributed by atoms with Crippen molar-refractivity contribution in [2.75, 3.05) is 0 Å². The Kier molecular flexibility index (Phi) is 3.75. The SMILES string of the molecule is CC(N)C1=Nc2ccccc2S(=O)(=O)N1C1CCCCC1. The maximum absolute atomic E-state index is 13.0. The van der Waals surface area contributed by atoms with Gasteiger partial charge in [-0.3, -0.25) is 0 Å². The fourth-order valence-corrected chi connectivity index (χ4v) is 5.07. The summed E-state index contributed by atoms with van der Waals surface area (Å²) in [4.78, 5) is 4.83. The van der Waals surface area contributed by atoms with Gasteiger partial charge < -0.3 is 5.73 Å². The zero-order chi connectivity index (χ0) is 15.0. The van der Waals surface area contributed by atoms with Crippen molar-refractivity contribution in [1.82, 2.24) is 4.31 Å². The van der Waals surface area contributed by atoms with Crippen LogP contribution in [0, 0.1) is 0 Å². The number of amidine groups is 1. The number of hydrogen-bond acceptors (Lipinski definition) is 4. The van der Waals surface area contributed by atoms with Gasteiger partial charge in [-0.2, -0.15) is 0 Å². The summed E-state index contributed by atoms with van der Waals surface area (Å²) in [5, 5.41) is 0. The Hall–Kier alpha value is -1.40. The summed E-state index contributed by atoms with van der Waals surface area (Å²) in [6, 6.07) is 6.47. The highest BCUT2D eigenvalue weighted by atomic mass is 32.2. The van der Waals surface area contributed by atoms with Gasteiger partial charge in [0.25, 0.3) is 10.0 Å². The number of fused-ring (bicyclic) bond motifs is 1. The minimum absolute atomic E-state index is 0.0122. The minimum Gasteiger partial charge on any atom is -0.322 e. The van der Waals surface area contributed by atoms with Gasteiger partial charge in [0.2, 0.25) is 0 Å². The lowest BCUT2D eigenvalue weighted by molar-refractivity contribution is 0.319. The smallest absolute Gasteiger partial charge is 0.267 e. The molecule has 6 heteroatoms. The zero-order valence-corrected chi connectivity index (χ0v) is 13.0. The summed E-state index contributed by atoms with van der Waals surface area (Å²) >= 11 is 0.